The molecular formula is C20H22ClN3O2. The van der Waals surface area contributed by atoms with Crippen LogP contribution in [0.3, 0.4) is 0 Å². The molecule has 1 fully saturated rings. The summed E-state index contributed by atoms with van der Waals surface area (Å²) in [6.45, 7) is 5.54. The van der Waals surface area contributed by atoms with Gasteiger partial charge in [-0.05, 0) is 49.4 Å². The van der Waals surface area contributed by atoms with Crippen molar-refractivity contribution in [2.24, 2.45) is 5.92 Å². The molecule has 1 atom stereocenters. The van der Waals surface area contributed by atoms with Crippen molar-refractivity contribution in [2.45, 2.75) is 26.7 Å². The molecule has 1 aromatic carbocycles. The van der Waals surface area contributed by atoms with Gasteiger partial charge >= 0.3 is 0 Å². The van der Waals surface area contributed by atoms with Gasteiger partial charge in [-0.15, -0.1) is 0 Å². The van der Waals surface area contributed by atoms with Crippen molar-refractivity contribution in [3.63, 3.8) is 0 Å². The summed E-state index contributed by atoms with van der Waals surface area (Å²) in [7, 11) is 0. The molecule has 0 saturated carbocycles. The number of aryl methyl sites for hydroxylation is 1. The van der Waals surface area contributed by atoms with Crippen molar-refractivity contribution >= 4 is 29.1 Å². The fraction of sp³-hybridized carbons (Fsp3) is 0.350. The Morgan fingerprint density at radius 3 is 2.77 bits per heavy atom. The van der Waals surface area contributed by atoms with Gasteiger partial charge in [0.15, 0.2) is 0 Å². The van der Waals surface area contributed by atoms with Gasteiger partial charge in [-0.1, -0.05) is 24.6 Å². The molecular weight excluding hydrogens is 350 g/mol. The Bertz CT molecular complexity index is 838. The molecule has 0 aliphatic carbocycles. The topological polar surface area (TPSA) is 62.3 Å². The molecule has 0 radical (unpaired) electrons. The lowest BCUT2D eigenvalue weighted by atomic mass is 9.99. The van der Waals surface area contributed by atoms with E-state index in [4.69, 9.17) is 11.6 Å². The third-order valence-corrected chi connectivity index (χ3v) is 4.87. The molecule has 136 valence electrons. The molecule has 0 bridgehead atoms. The molecule has 5 nitrogen and oxygen atoms in total. The summed E-state index contributed by atoms with van der Waals surface area (Å²) in [5.41, 5.74) is 2.34. The Morgan fingerprint density at radius 2 is 2.00 bits per heavy atom. The van der Waals surface area contributed by atoms with E-state index in [0.717, 1.165) is 31.5 Å². The number of hydrogen-bond acceptors (Lipinski definition) is 3. The van der Waals surface area contributed by atoms with E-state index in [2.05, 4.69) is 17.2 Å². The first kappa shape index (κ1) is 18.4. The lowest BCUT2D eigenvalue weighted by Gasteiger charge is -2.31. The SMILES string of the molecule is Cc1ccc(Cl)cc1NC(=O)c1cncc(C(=O)N2CCCC(C)C2)c1. The highest BCUT2D eigenvalue weighted by atomic mass is 35.5. The largest absolute Gasteiger partial charge is 0.338 e. The minimum Gasteiger partial charge on any atom is -0.338 e. The van der Waals surface area contributed by atoms with Gasteiger partial charge in [0.1, 0.15) is 0 Å². The fourth-order valence-electron chi connectivity index (χ4n) is 3.16. The molecule has 3 rings (SSSR count). The number of rotatable bonds is 3. The number of aromatic nitrogens is 1. The van der Waals surface area contributed by atoms with E-state index in [1.165, 1.54) is 12.4 Å². The van der Waals surface area contributed by atoms with Crippen LogP contribution in [0.5, 0.6) is 0 Å². The van der Waals surface area contributed by atoms with Crippen LogP contribution in [0.2, 0.25) is 5.02 Å². The summed E-state index contributed by atoms with van der Waals surface area (Å²) in [5.74, 6) is 0.111. The number of benzene rings is 1. The van der Waals surface area contributed by atoms with Crippen LogP contribution in [0.4, 0.5) is 5.69 Å². The highest BCUT2D eigenvalue weighted by molar-refractivity contribution is 6.31. The van der Waals surface area contributed by atoms with Crippen LogP contribution in [0.25, 0.3) is 0 Å². The Hall–Kier alpha value is -2.40. The number of nitrogens with zero attached hydrogens (tertiary/aromatic N) is 2. The second-order valence-corrected chi connectivity index (χ2v) is 7.31. The van der Waals surface area contributed by atoms with E-state index in [-0.39, 0.29) is 11.8 Å². The standard InChI is InChI=1S/C20H22ClN3O2/c1-13-4-3-7-24(12-13)20(26)16-8-15(10-22-11-16)19(25)23-18-9-17(21)6-5-14(18)2/h5-6,8-11,13H,3-4,7,12H2,1-2H3,(H,23,25). The molecule has 1 N–H and O–H groups in total. The second kappa shape index (κ2) is 7.87. The minimum absolute atomic E-state index is 0.0716. The van der Waals surface area contributed by atoms with Crippen LogP contribution in [0, 0.1) is 12.8 Å². The van der Waals surface area contributed by atoms with Crippen molar-refractivity contribution in [1.29, 1.82) is 0 Å². The van der Waals surface area contributed by atoms with Crippen molar-refractivity contribution < 1.29 is 9.59 Å². The van der Waals surface area contributed by atoms with Gasteiger partial charge in [0, 0.05) is 36.2 Å². The summed E-state index contributed by atoms with van der Waals surface area (Å²) >= 11 is 6.00. The van der Waals surface area contributed by atoms with E-state index >= 15 is 0 Å². The first-order valence-corrected chi connectivity index (χ1v) is 9.13. The number of hydrogen-bond donors (Lipinski definition) is 1. The van der Waals surface area contributed by atoms with E-state index in [1.54, 1.807) is 18.2 Å². The minimum atomic E-state index is -0.315. The van der Waals surface area contributed by atoms with Gasteiger partial charge in [-0.3, -0.25) is 14.6 Å². The van der Waals surface area contributed by atoms with E-state index in [1.807, 2.05) is 17.9 Å². The number of anilines is 1. The number of carbonyl (C=O) groups is 2. The zero-order valence-corrected chi connectivity index (χ0v) is 15.7. The first-order chi connectivity index (χ1) is 12.4. The number of halogens is 1. The predicted molar refractivity (Wildman–Crippen MR) is 103 cm³/mol. The van der Waals surface area contributed by atoms with Crippen LogP contribution in [0.1, 0.15) is 46.0 Å². The summed E-state index contributed by atoms with van der Waals surface area (Å²) in [6.07, 6.45) is 5.13. The van der Waals surface area contributed by atoms with Crippen molar-refractivity contribution in [3.8, 4) is 0 Å². The summed E-state index contributed by atoms with van der Waals surface area (Å²) in [6, 6.07) is 6.91. The van der Waals surface area contributed by atoms with E-state index in [9.17, 15) is 9.59 Å². The molecule has 2 amide bonds. The van der Waals surface area contributed by atoms with Crippen molar-refractivity contribution in [3.05, 3.63) is 58.4 Å². The third-order valence-electron chi connectivity index (χ3n) is 4.64. The molecule has 6 heteroatoms. The van der Waals surface area contributed by atoms with Gasteiger partial charge in [-0.2, -0.15) is 0 Å². The molecule has 1 aromatic heterocycles. The molecule has 26 heavy (non-hydrogen) atoms. The molecule has 1 aliphatic rings. The summed E-state index contributed by atoms with van der Waals surface area (Å²) in [5, 5.41) is 3.38. The normalized spacial score (nSPS) is 17.0. The smallest absolute Gasteiger partial charge is 0.257 e. The average molecular weight is 372 g/mol. The zero-order valence-electron chi connectivity index (χ0n) is 15.0. The third kappa shape index (κ3) is 4.22. The summed E-state index contributed by atoms with van der Waals surface area (Å²) in [4.78, 5) is 31.2. The Labute approximate surface area is 158 Å². The lowest BCUT2D eigenvalue weighted by molar-refractivity contribution is 0.0682. The van der Waals surface area contributed by atoms with Gasteiger partial charge in [0.05, 0.1) is 11.1 Å². The molecule has 2 aromatic rings. The number of pyridine rings is 1. The number of nitrogens with one attached hydrogen (secondary N) is 1. The monoisotopic (exact) mass is 371 g/mol. The number of piperidine rings is 1. The van der Waals surface area contributed by atoms with Crippen LogP contribution >= 0.6 is 11.6 Å². The lowest BCUT2D eigenvalue weighted by Crippen LogP contribution is -2.39. The Morgan fingerprint density at radius 1 is 1.23 bits per heavy atom. The highest BCUT2D eigenvalue weighted by Crippen LogP contribution is 2.21. The van der Waals surface area contributed by atoms with Gasteiger partial charge in [0.2, 0.25) is 0 Å². The molecule has 1 saturated heterocycles. The van der Waals surface area contributed by atoms with Crippen LogP contribution in [-0.2, 0) is 0 Å². The van der Waals surface area contributed by atoms with Crippen molar-refractivity contribution in [2.75, 3.05) is 18.4 Å². The number of carbonyl (C=O) groups excluding carboxylic acids is 2. The average Bonchev–Trinajstić information content (AvgIpc) is 2.64. The fourth-order valence-corrected chi connectivity index (χ4v) is 3.33. The highest BCUT2D eigenvalue weighted by Gasteiger charge is 2.23. The van der Waals surface area contributed by atoms with E-state index in [0.29, 0.717) is 27.8 Å². The quantitative estimate of drug-likeness (QED) is 0.880. The Kier molecular flexibility index (Phi) is 5.57. The molecule has 2 heterocycles. The maximum Gasteiger partial charge on any atom is 0.257 e. The molecule has 1 unspecified atom stereocenters. The maximum atomic E-state index is 12.7. The van der Waals surface area contributed by atoms with Gasteiger partial charge in [-0.25, -0.2) is 0 Å². The van der Waals surface area contributed by atoms with Crippen molar-refractivity contribution in [1.82, 2.24) is 9.88 Å². The molecule has 0 spiro atoms. The van der Waals surface area contributed by atoms with E-state index < -0.39 is 0 Å². The van der Waals surface area contributed by atoms with Gasteiger partial charge in [0.25, 0.3) is 11.8 Å². The van der Waals surface area contributed by atoms with Crippen LogP contribution < -0.4 is 5.32 Å². The number of likely N-dealkylation sites (tertiary alicyclic amines) is 1. The Balaban J connectivity index is 1.77. The maximum absolute atomic E-state index is 12.7. The van der Waals surface area contributed by atoms with Crippen LogP contribution in [0.15, 0.2) is 36.7 Å². The summed E-state index contributed by atoms with van der Waals surface area (Å²) < 4.78 is 0. The first-order valence-electron chi connectivity index (χ1n) is 8.76. The van der Waals surface area contributed by atoms with Gasteiger partial charge < -0.3 is 10.2 Å². The zero-order chi connectivity index (χ0) is 18.7. The second-order valence-electron chi connectivity index (χ2n) is 6.87. The molecule has 1 aliphatic heterocycles. The van der Waals surface area contributed by atoms with Crippen LogP contribution in [-0.4, -0.2) is 34.8 Å². The number of amides is 2. The predicted octanol–water partition coefficient (Wildman–Crippen LogP) is 4.17.